The fraction of sp³-hybridized carbons (Fsp3) is 0.600. The molecular weight excluding hydrogens is 256 g/mol. The van der Waals surface area contributed by atoms with Gasteiger partial charge in [0, 0.05) is 32.1 Å². The number of aliphatic carboxylic acids is 1. The average Bonchev–Trinajstić information content (AvgIpc) is 2.44. The Morgan fingerprint density at radius 3 is 2.45 bits per heavy atom. The number of carbonyl (C=O) groups is 2. The maximum absolute atomic E-state index is 12.5. The molecule has 0 saturated carbocycles. The van der Waals surface area contributed by atoms with E-state index >= 15 is 0 Å². The van der Waals surface area contributed by atoms with Crippen molar-refractivity contribution in [3.05, 3.63) is 25.3 Å². The van der Waals surface area contributed by atoms with Crippen molar-refractivity contribution in [1.29, 1.82) is 0 Å². The molecule has 2 amide bonds. The molecule has 0 aromatic heterocycles. The maximum Gasteiger partial charge on any atom is 0.320 e. The topological polar surface area (TPSA) is 60.9 Å². The fourth-order valence-electron chi connectivity index (χ4n) is 2.57. The van der Waals surface area contributed by atoms with Gasteiger partial charge in [-0.2, -0.15) is 0 Å². The van der Waals surface area contributed by atoms with Gasteiger partial charge in [0.05, 0.1) is 0 Å². The van der Waals surface area contributed by atoms with Crippen LogP contribution in [0.15, 0.2) is 25.3 Å². The molecule has 1 fully saturated rings. The molecule has 0 radical (unpaired) electrons. The van der Waals surface area contributed by atoms with Crippen LogP contribution in [0.25, 0.3) is 0 Å². The van der Waals surface area contributed by atoms with Gasteiger partial charge in [0.2, 0.25) is 0 Å². The number of carboxylic acids is 1. The summed E-state index contributed by atoms with van der Waals surface area (Å²) in [6, 6.07) is -0.00984. The number of urea groups is 1. The number of nitrogens with zero attached hydrogens (tertiary/aromatic N) is 2. The SMILES string of the molecule is C=CCN(CC=C)C(=O)N1CCCCC1CCC(=O)O. The summed E-state index contributed by atoms with van der Waals surface area (Å²) in [5, 5.41) is 8.81. The minimum atomic E-state index is -0.808. The highest BCUT2D eigenvalue weighted by atomic mass is 16.4. The number of carboxylic acid groups (broad SMARTS) is 1. The third-order valence-corrected chi connectivity index (χ3v) is 3.53. The first-order valence-electron chi connectivity index (χ1n) is 7.09. The summed E-state index contributed by atoms with van der Waals surface area (Å²) in [5.74, 6) is -0.808. The minimum absolute atomic E-state index is 0.0319. The number of hydrogen-bond donors (Lipinski definition) is 1. The Kier molecular flexibility index (Phi) is 6.84. The quantitative estimate of drug-likeness (QED) is 0.729. The van der Waals surface area contributed by atoms with E-state index in [0.717, 1.165) is 19.3 Å². The fourth-order valence-corrected chi connectivity index (χ4v) is 2.57. The number of likely N-dealkylation sites (tertiary alicyclic amines) is 1. The first-order valence-corrected chi connectivity index (χ1v) is 7.09. The van der Waals surface area contributed by atoms with Gasteiger partial charge in [-0.3, -0.25) is 4.79 Å². The normalized spacial score (nSPS) is 18.4. The first kappa shape index (κ1) is 16.3. The molecule has 0 aliphatic carbocycles. The van der Waals surface area contributed by atoms with Gasteiger partial charge < -0.3 is 14.9 Å². The van der Waals surface area contributed by atoms with Crippen LogP contribution in [-0.2, 0) is 4.79 Å². The zero-order valence-electron chi connectivity index (χ0n) is 12.0. The molecule has 112 valence electrons. The third kappa shape index (κ3) is 4.72. The van der Waals surface area contributed by atoms with Gasteiger partial charge in [-0.05, 0) is 25.7 Å². The molecule has 5 nitrogen and oxygen atoms in total. The monoisotopic (exact) mass is 280 g/mol. The highest BCUT2D eigenvalue weighted by Crippen LogP contribution is 2.22. The molecule has 1 N–H and O–H groups in total. The molecule has 1 unspecified atom stereocenters. The van der Waals surface area contributed by atoms with Gasteiger partial charge >= 0.3 is 12.0 Å². The van der Waals surface area contributed by atoms with Crippen molar-refractivity contribution in [2.75, 3.05) is 19.6 Å². The van der Waals surface area contributed by atoms with Crippen molar-refractivity contribution < 1.29 is 14.7 Å². The van der Waals surface area contributed by atoms with Crippen molar-refractivity contribution in [3.8, 4) is 0 Å². The Hall–Kier alpha value is -1.78. The molecule has 1 rings (SSSR count). The first-order chi connectivity index (χ1) is 9.60. The number of piperidine rings is 1. The highest BCUT2D eigenvalue weighted by Gasteiger charge is 2.29. The summed E-state index contributed by atoms with van der Waals surface area (Å²) >= 11 is 0. The van der Waals surface area contributed by atoms with Crippen LogP contribution in [-0.4, -0.2) is 52.6 Å². The van der Waals surface area contributed by atoms with Crippen LogP contribution < -0.4 is 0 Å². The van der Waals surface area contributed by atoms with E-state index in [4.69, 9.17) is 5.11 Å². The van der Waals surface area contributed by atoms with Gasteiger partial charge in [-0.1, -0.05) is 12.2 Å². The summed E-state index contributed by atoms with van der Waals surface area (Å²) < 4.78 is 0. The van der Waals surface area contributed by atoms with Crippen LogP contribution in [0.5, 0.6) is 0 Å². The second-order valence-corrected chi connectivity index (χ2v) is 5.04. The molecule has 0 aromatic carbocycles. The van der Waals surface area contributed by atoms with Gasteiger partial charge in [-0.15, -0.1) is 13.2 Å². The van der Waals surface area contributed by atoms with E-state index in [-0.39, 0.29) is 18.5 Å². The molecule has 1 saturated heterocycles. The largest absolute Gasteiger partial charge is 0.481 e. The van der Waals surface area contributed by atoms with E-state index in [2.05, 4.69) is 13.2 Å². The molecule has 5 heteroatoms. The van der Waals surface area contributed by atoms with Gasteiger partial charge in [0.25, 0.3) is 0 Å². The standard InChI is InChI=1S/C15H24N2O3/c1-3-10-16(11-4-2)15(20)17-12-6-5-7-13(17)8-9-14(18)19/h3-4,13H,1-2,5-12H2,(H,18,19). The van der Waals surface area contributed by atoms with Gasteiger partial charge in [0.1, 0.15) is 0 Å². The molecule has 0 aromatic rings. The second-order valence-electron chi connectivity index (χ2n) is 5.04. The Morgan fingerprint density at radius 1 is 1.25 bits per heavy atom. The van der Waals surface area contributed by atoms with Crippen LogP contribution in [0.1, 0.15) is 32.1 Å². The van der Waals surface area contributed by atoms with E-state index in [9.17, 15) is 9.59 Å². The van der Waals surface area contributed by atoms with Crippen molar-refractivity contribution >= 4 is 12.0 Å². The maximum atomic E-state index is 12.5. The zero-order valence-corrected chi connectivity index (χ0v) is 12.0. The molecule has 0 spiro atoms. The van der Waals surface area contributed by atoms with Gasteiger partial charge in [0.15, 0.2) is 0 Å². The Balaban J connectivity index is 2.70. The van der Waals surface area contributed by atoms with E-state index in [1.54, 1.807) is 17.1 Å². The van der Waals surface area contributed by atoms with E-state index < -0.39 is 5.97 Å². The third-order valence-electron chi connectivity index (χ3n) is 3.53. The lowest BCUT2D eigenvalue weighted by molar-refractivity contribution is -0.137. The van der Waals surface area contributed by atoms with Crippen molar-refractivity contribution in [3.63, 3.8) is 0 Å². The lowest BCUT2D eigenvalue weighted by atomic mass is 9.98. The zero-order chi connectivity index (χ0) is 15.0. The van der Waals surface area contributed by atoms with Gasteiger partial charge in [-0.25, -0.2) is 4.79 Å². The smallest absolute Gasteiger partial charge is 0.320 e. The van der Waals surface area contributed by atoms with Crippen LogP contribution in [0, 0.1) is 0 Å². The number of hydrogen-bond acceptors (Lipinski definition) is 2. The number of amides is 2. The summed E-state index contributed by atoms with van der Waals surface area (Å²) in [6.07, 6.45) is 6.93. The van der Waals surface area contributed by atoms with E-state index in [1.807, 2.05) is 4.90 Å². The van der Waals surface area contributed by atoms with E-state index in [1.165, 1.54) is 0 Å². The molecule has 20 heavy (non-hydrogen) atoms. The second kappa shape index (κ2) is 8.40. The molecular formula is C15H24N2O3. The minimum Gasteiger partial charge on any atom is -0.481 e. The molecule has 1 heterocycles. The summed E-state index contributed by atoms with van der Waals surface area (Å²) in [6.45, 7) is 8.99. The number of rotatable bonds is 7. The van der Waals surface area contributed by atoms with Crippen molar-refractivity contribution in [2.45, 2.75) is 38.1 Å². The summed E-state index contributed by atoms with van der Waals surface area (Å²) in [5.41, 5.74) is 0. The predicted octanol–water partition coefficient (Wildman–Crippen LogP) is 2.50. The van der Waals surface area contributed by atoms with Crippen molar-refractivity contribution in [1.82, 2.24) is 9.80 Å². The Labute approximate surface area is 120 Å². The molecule has 1 aliphatic heterocycles. The summed E-state index contributed by atoms with van der Waals surface area (Å²) in [7, 11) is 0. The predicted molar refractivity (Wildman–Crippen MR) is 78.6 cm³/mol. The lowest BCUT2D eigenvalue weighted by Gasteiger charge is -2.38. The Morgan fingerprint density at radius 2 is 1.90 bits per heavy atom. The van der Waals surface area contributed by atoms with Crippen molar-refractivity contribution in [2.24, 2.45) is 0 Å². The number of carbonyl (C=O) groups excluding carboxylic acids is 1. The Bertz CT molecular complexity index is 358. The van der Waals surface area contributed by atoms with Crippen LogP contribution in [0.2, 0.25) is 0 Å². The van der Waals surface area contributed by atoms with Crippen LogP contribution in [0.4, 0.5) is 4.79 Å². The molecule has 0 bridgehead atoms. The van der Waals surface area contributed by atoms with Crippen LogP contribution >= 0.6 is 0 Å². The lowest BCUT2D eigenvalue weighted by Crippen LogP contribution is -2.50. The summed E-state index contributed by atoms with van der Waals surface area (Å²) in [4.78, 5) is 26.8. The highest BCUT2D eigenvalue weighted by molar-refractivity contribution is 5.75. The average molecular weight is 280 g/mol. The van der Waals surface area contributed by atoms with E-state index in [0.29, 0.717) is 26.1 Å². The molecule has 1 atom stereocenters. The van der Waals surface area contributed by atoms with Crippen LogP contribution in [0.3, 0.4) is 0 Å². The molecule has 1 aliphatic rings.